The standard InChI is InChI=1S/C14H7BrCl2N2O2/c15-7-1-4-12-9(5-7)13(20)19(14(21)18-12)8-2-3-10(16)11(17)6-8/h1-6H,(H,18,21)/p+1. The van der Waals surface area contributed by atoms with Crippen molar-refractivity contribution in [1.29, 1.82) is 0 Å². The summed E-state index contributed by atoms with van der Waals surface area (Å²) in [4.78, 5) is 15.4. The Morgan fingerprint density at radius 1 is 1.10 bits per heavy atom. The van der Waals surface area contributed by atoms with Crippen LogP contribution in [0.5, 0.6) is 6.01 Å². The van der Waals surface area contributed by atoms with Crippen LogP contribution in [0.15, 0.2) is 45.7 Å². The highest BCUT2D eigenvalue weighted by molar-refractivity contribution is 9.10. The second-order valence-corrected chi connectivity index (χ2v) is 6.11. The lowest BCUT2D eigenvalue weighted by atomic mass is 10.2. The van der Waals surface area contributed by atoms with Crippen molar-refractivity contribution in [2.75, 3.05) is 0 Å². The van der Waals surface area contributed by atoms with Crippen molar-refractivity contribution in [3.63, 3.8) is 0 Å². The van der Waals surface area contributed by atoms with Crippen LogP contribution in [0.3, 0.4) is 0 Å². The Balaban J connectivity index is 2.36. The van der Waals surface area contributed by atoms with Gasteiger partial charge in [0.1, 0.15) is 16.6 Å². The molecular formula is C14H8BrCl2N2O2+. The first kappa shape index (κ1) is 14.4. The van der Waals surface area contributed by atoms with E-state index in [1.54, 1.807) is 30.3 Å². The van der Waals surface area contributed by atoms with Gasteiger partial charge in [-0.3, -0.25) is 0 Å². The smallest absolute Gasteiger partial charge is 0.446 e. The summed E-state index contributed by atoms with van der Waals surface area (Å²) in [5, 5.41) is 11.2. The summed E-state index contributed by atoms with van der Waals surface area (Å²) in [6.45, 7) is 0. The van der Waals surface area contributed by atoms with Gasteiger partial charge in [0.05, 0.1) is 10.0 Å². The normalized spacial score (nSPS) is 11.0. The van der Waals surface area contributed by atoms with Gasteiger partial charge in [-0.2, -0.15) is 0 Å². The van der Waals surface area contributed by atoms with Gasteiger partial charge in [-0.25, -0.2) is 9.78 Å². The van der Waals surface area contributed by atoms with Gasteiger partial charge in [0.2, 0.25) is 0 Å². The van der Waals surface area contributed by atoms with Crippen LogP contribution in [-0.2, 0) is 0 Å². The Bertz CT molecular complexity index is 925. The second kappa shape index (κ2) is 5.33. The average molecular weight is 387 g/mol. The molecule has 1 aromatic heterocycles. The summed E-state index contributed by atoms with van der Waals surface area (Å²) < 4.78 is 1.91. The van der Waals surface area contributed by atoms with E-state index in [2.05, 4.69) is 20.9 Å². The number of hydrogen-bond acceptors (Lipinski definition) is 2. The zero-order valence-electron chi connectivity index (χ0n) is 10.4. The molecule has 4 nitrogen and oxygen atoms in total. The molecule has 0 radical (unpaired) electrons. The first-order valence-corrected chi connectivity index (χ1v) is 7.44. The minimum atomic E-state index is -0.360. The molecule has 0 spiro atoms. The minimum absolute atomic E-state index is 0.284. The number of fused-ring (bicyclic) bond motifs is 1. The van der Waals surface area contributed by atoms with Gasteiger partial charge in [-0.05, 0) is 30.3 Å². The number of nitrogens with zero attached hydrogens (tertiary/aromatic N) is 1. The molecule has 0 aliphatic carbocycles. The Morgan fingerprint density at radius 3 is 2.57 bits per heavy atom. The number of hydrogen-bond donors (Lipinski definition) is 1. The number of aromatic nitrogens is 2. The Hall–Kier alpha value is -1.56. The van der Waals surface area contributed by atoms with Gasteiger partial charge in [0, 0.05) is 10.5 Å². The lowest BCUT2D eigenvalue weighted by molar-refractivity contribution is -0.370. The third-order valence-corrected chi connectivity index (χ3v) is 4.27. The van der Waals surface area contributed by atoms with Gasteiger partial charge in [0.15, 0.2) is 0 Å². The predicted octanol–water partition coefficient (Wildman–Crippen LogP) is 3.58. The van der Waals surface area contributed by atoms with E-state index in [0.29, 0.717) is 26.6 Å². The number of aromatic amines is 1. The summed E-state index contributed by atoms with van der Waals surface area (Å²) in [6, 6.07) is 9.57. The second-order valence-electron chi connectivity index (χ2n) is 4.38. The van der Waals surface area contributed by atoms with E-state index in [1.807, 2.05) is 0 Å². The van der Waals surface area contributed by atoms with E-state index < -0.39 is 0 Å². The van der Waals surface area contributed by atoms with Crippen LogP contribution in [0.1, 0.15) is 0 Å². The maximum Gasteiger partial charge on any atom is 0.460 e. The molecule has 0 saturated heterocycles. The summed E-state index contributed by atoms with van der Waals surface area (Å²) in [7, 11) is 0. The summed E-state index contributed by atoms with van der Waals surface area (Å²) in [5.41, 5.74) is 0.600. The highest BCUT2D eigenvalue weighted by Crippen LogP contribution is 2.25. The van der Waals surface area contributed by atoms with Crippen LogP contribution in [-0.4, -0.2) is 9.67 Å². The number of rotatable bonds is 1. The molecule has 1 heterocycles. The molecule has 0 aliphatic rings. The molecule has 0 fully saturated rings. The van der Waals surface area contributed by atoms with Gasteiger partial charge < -0.3 is 5.11 Å². The van der Waals surface area contributed by atoms with Crippen molar-refractivity contribution in [2.24, 2.45) is 0 Å². The number of halogens is 3. The molecule has 0 saturated carbocycles. The van der Waals surface area contributed by atoms with Crippen molar-refractivity contribution in [2.45, 2.75) is 0 Å². The minimum Gasteiger partial charge on any atom is -0.446 e. The monoisotopic (exact) mass is 385 g/mol. The molecule has 0 bridgehead atoms. The van der Waals surface area contributed by atoms with Gasteiger partial charge in [-0.1, -0.05) is 39.1 Å². The van der Waals surface area contributed by atoms with Crippen LogP contribution >= 0.6 is 39.1 Å². The molecule has 106 valence electrons. The predicted molar refractivity (Wildman–Crippen MR) is 85.5 cm³/mol. The Labute approximate surface area is 137 Å². The molecule has 21 heavy (non-hydrogen) atoms. The van der Waals surface area contributed by atoms with Crippen molar-refractivity contribution >= 4 is 50.0 Å². The van der Waals surface area contributed by atoms with Crippen LogP contribution < -0.4 is 10.5 Å². The highest BCUT2D eigenvalue weighted by atomic mass is 79.9. The fourth-order valence-electron chi connectivity index (χ4n) is 2.06. The summed E-state index contributed by atoms with van der Waals surface area (Å²) >= 11 is 15.2. The van der Waals surface area contributed by atoms with Crippen LogP contribution in [0.2, 0.25) is 10.0 Å². The van der Waals surface area contributed by atoms with E-state index in [4.69, 9.17) is 23.2 Å². The number of nitrogens with one attached hydrogen (secondary N) is 1. The van der Waals surface area contributed by atoms with E-state index in [-0.39, 0.29) is 11.6 Å². The molecule has 2 aromatic carbocycles. The quantitative estimate of drug-likeness (QED) is 0.694. The SMILES string of the molecule is O=c1c2cc(Br)ccc2[nH+]c(O)n1-c1ccc(Cl)c(Cl)c1. The molecule has 3 rings (SSSR count). The van der Waals surface area contributed by atoms with Crippen molar-refractivity contribution in [1.82, 2.24) is 4.57 Å². The lowest BCUT2D eigenvalue weighted by Crippen LogP contribution is -2.26. The molecule has 7 heteroatoms. The third-order valence-electron chi connectivity index (χ3n) is 3.03. The zero-order valence-corrected chi connectivity index (χ0v) is 13.5. The third kappa shape index (κ3) is 2.52. The maximum absolute atomic E-state index is 12.6. The number of aromatic hydroxyl groups is 1. The largest absolute Gasteiger partial charge is 0.460 e. The number of H-pyrrole nitrogens is 1. The summed E-state index contributed by atoms with van der Waals surface area (Å²) in [6.07, 6.45) is 0. The lowest BCUT2D eigenvalue weighted by Gasteiger charge is -2.04. The molecule has 0 unspecified atom stereocenters. The van der Waals surface area contributed by atoms with E-state index in [0.717, 1.165) is 9.04 Å². The average Bonchev–Trinajstić information content (AvgIpc) is 2.44. The maximum atomic E-state index is 12.6. The molecule has 2 N–H and O–H groups in total. The molecule has 0 amide bonds. The van der Waals surface area contributed by atoms with E-state index in [1.165, 1.54) is 6.07 Å². The summed E-state index contributed by atoms with van der Waals surface area (Å²) in [5.74, 6) is 0. The first-order chi connectivity index (χ1) is 9.97. The fraction of sp³-hybridized carbons (Fsp3) is 0. The topological polar surface area (TPSA) is 56.4 Å². The molecule has 0 atom stereocenters. The van der Waals surface area contributed by atoms with Crippen molar-refractivity contribution < 1.29 is 10.1 Å². The molecule has 0 aliphatic heterocycles. The fourth-order valence-corrected chi connectivity index (χ4v) is 2.71. The van der Waals surface area contributed by atoms with Crippen LogP contribution in [0.25, 0.3) is 16.6 Å². The number of benzene rings is 2. The zero-order chi connectivity index (χ0) is 15.1. The van der Waals surface area contributed by atoms with E-state index >= 15 is 0 Å². The Morgan fingerprint density at radius 2 is 1.86 bits per heavy atom. The van der Waals surface area contributed by atoms with Gasteiger partial charge in [0.25, 0.3) is 0 Å². The molecular weight excluding hydrogens is 379 g/mol. The van der Waals surface area contributed by atoms with Gasteiger partial charge >= 0.3 is 11.6 Å². The van der Waals surface area contributed by atoms with Crippen molar-refractivity contribution in [3.05, 3.63) is 61.3 Å². The van der Waals surface area contributed by atoms with Gasteiger partial charge in [-0.15, -0.1) is 4.57 Å². The first-order valence-electron chi connectivity index (χ1n) is 5.89. The van der Waals surface area contributed by atoms with E-state index in [9.17, 15) is 9.90 Å². The molecule has 3 aromatic rings. The van der Waals surface area contributed by atoms with Crippen LogP contribution in [0.4, 0.5) is 0 Å². The highest BCUT2D eigenvalue weighted by Gasteiger charge is 2.20. The van der Waals surface area contributed by atoms with Crippen molar-refractivity contribution in [3.8, 4) is 11.7 Å². The Kier molecular flexibility index (Phi) is 3.65. The van der Waals surface area contributed by atoms with Crippen LogP contribution in [0, 0.1) is 0 Å².